The second-order valence-electron chi connectivity index (χ2n) is 17.5. The number of aryl methyl sites for hydroxylation is 1. The second kappa shape index (κ2) is 29.3. The highest BCUT2D eigenvalue weighted by Gasteiger charge is 2.30. The van der Waals surface area contributed by atoms with Crippen molar-refractivity contribution < 1.29 is 52.8 Å². The van der Waals surface area contributed by atoms with Gasteiger partial charge in [-0.2, -0.15) is 13.2 Å². The summed E-state index contributed by atoms with van der Waals surface area (Å²) in [5.74, 6) is -2.47. The fraction of sp³-hybridized carbons (Fsp3) is 0.161. The summed E-state index contributed by atoms with van der Waals surface area (Å²) in [5, 5.41) is 42.8. The number of hydrogen-bond donors (Lipinski definition) is 6. The van der Waals surface area contributed by atoms with Gasteiger partial charge in [0.1, 0.15) is 0 Å². The minimum atomic E-state index is -4.43. The molecule has 0 aliphatic rings. The summed E-state index contributed by atoms with van der Waals surface area (Å²) in [6.07, 6.45) is -3.53. The van der Waals surface area contributed by atoms with E-state index in [4.69, 9.17) is 43.6 Å². The lowest BCUT2D eigenvalue weighted by Crippen LogP contribution is -2.08. The van der Waals surface area contributed by atoms with Gasteiger partial charge in [-0.05, 0) is 147 Å². The molecule has 398 valence electrons. The van der Waals surface area contributed by atoms with Crippen LogP contribution in [0, 0.1) is 6.92 Å². The molecule has 8 rings (SSSR count). The summed E-state index contributed by atoms with van der Waals surface area (Å²) in [5.41, 5.74) is 12.1. The fourth-order valence-electron chi connectivity index (χ4n) is 8.06. The molecular formula is C62H57Cl2F3N2O8. The maximum Gasteiger partial charge on any atom is 0.416 e. The van der Waals surface area contributed by atoms with Crippen LogP contribution in [0.4, 0.5) is 24.5 Å². The lowest BCUT2D eigenvalue weighted by atomic mass is 9.96. The Morgan fingerprint density at radius 1 is 0.455 bits per heavy atom. The van der Waals surface area contributed by atoms with Crippen LogP contribution in [-0.4, -0.2) is 57.4 Å². The first-order valence-corrected chi connectivity index (χ1v) is 24.9. The van der Waals surface area contributed by atoms with E-state index in [1.165, 1.54) is 32.0 Å². The van der Waals surface area contributed by atoms with Crippen molar-refractivity contribution in [2.75, 3.05) is 23.8 Å². The maximum atomic E-state index is 12.6. The van der Waals surface area contributed by atoms with Crippen LogP contribution in [0.2, 0.25) is 10.0 Å². The van der Waals surface area contributed by atoms with Crippen LogP contribution >= 0.6 is 23.2 Å². The van der Waals surface area contributed by atoms with Crippen LogP contribution in [-0.2, 0) is 51.0 Å². The lowest BCUT2D eigenvalue weighted by molar-refractivity contribution is -0.138. The number of rotatable bonds is 14. The van der Waals surface area contributed by atoms with E-state index in [1.54, 1.807) is 24.3 Å². The van der Waals surface area contributed by atoms with Crippen LogP contribution in [0.25, 0.3) is 44.5 Å². The Hall–Kier alpha value is -8.07. The molecule has 0 aliphatic heterocycles. The van der Waals surface area contributed by atoms with Crippen molar-refractivity contribution in [2.45, 2.75) is 52.6 Å². The molecule has 0 fully saturated rings. The average Bonchev–Trinajstić information content (AvgIpc) is 3.38. The van der Waals surface area contributed by atoms with Gasteiger partial charge >= 0.3 is 18.1 Å². The summed E-state index contributed by atoms with van der Waals surface area (Å²) in [7, 11) is 0. The number of alkyl halides is 3. The number of aliphatic hydroxyl groups excluding tert-OH is 2. The van der Waals surface area contributed by atoms with E-state index in [-0.39, 0.29) is 37.9 Å². The van der Waals surface area contributed by atoms with E-state index in [0.717, 1.165) is 67.2 Å². The first kappa shape index (κ1) is 59.8. The van der Waals surface area contributed by atoms with Crippen molar-refractivity contribution in [3.8, 4) is 44.5 Å². The fourth-order valence-corrected chi connectivity index (χ4v) is 8.38. The van der Waals surface area contributed by atoms with Gasteiger partial charge in [0.25, 0.3) is 0 Å². The highest BCUT2D eigenvalue weighted by atomic mass is 35.5. The second-order valence-corrected chi connectivity index (χ2v) is 18.3. The third-order valence-electron chi connectivity index (χ3n) is 11.5. The van der Waals surface area contributed by atoms with Gasteiger partial charge in [0.2, 0.25) is 11.8 Å². The number of amides is 2. The van der Waals surface area contributed by atoms with E-state index in [9.17, 15) is 32.3 Å². The van der Waals surface area contributed by atoms with Crippen LogP contribution in [0.5, 0.6) is 0 Å². The molecule has 0 aliphatic carbocycles. The molecular weight excluding hydrogens is 1030 g/mol. The number of aliphatic hydroxyl groups is 2. The zero-order valence-corrected chi connectivity index (χ0v) is 43.9. The SMILES string of the molecule is CC(=O)Nc1ccc(-c2ccc(C(F)(F)F)cc2)c(CC(=O)O)c1.CC(=O)Nc1ccc(-c2ccc(C)cc2)c(CC(=O)O)c1.OCCc1cc(Cl)ccc1-c1ccccc1.OCCc1ccccc1-c1ccc(Cl)cc1. The quantitative estimate of drug-likeness (QED) is 0.0624. The number of aliphatic carboxylic acids is 2. The number of carboxylic acids is 2. The molecule has 0 heterocycles. The number of carbonyl (C=O) groups excluding carboxylic acids is 2. The molecule has 0 bridgehead atoms. The smallest absolute Gasteiger partial charge is 0.416 e. The van der Waals surface area contributed by atoms with Gasteiger partial charge in [-0.1, -0.05) is 150 Å². The van der Waals surface area contributed by atoms with E-state index in [0.29, 0.717) is 51.5 Å². The summed E-state index contributed by atoms with van der Waals surface area (Å²) >= 11 is 11.8. The van der Waals surface area contributed by atoms with Gasteiger partial charge in [-0.15, -0.1) is 0 Å². The normalized spacial score (nSPS) is 10.6. The van der Waals surface area contributed by atoms with Gasteiger partial charge < -0.3 is 31.1 Å². The minimum absolute atomic E-state index is 0.0867. The summed E-state index contributed by atoms with van der Waals surface area (Å²) in [6.45, 7) is 5.05. The van der Waals surface area contributed by atoms with Crippen molar-refractivity contribution in [3.05, 3.63) is 225 Å². The van der Waals surface area contributed by atoms with Gasteiger partial charge in [0, 0.05) is 48.5 Å². The molecule has 15 heteroatoms. The van der Waals surface area contributed by atoms with Crippen molar-refractivity contribution in [1.29, 1.82) is 0 Å². The molecule has 8 aromatic rings. The van der Waals surface area contributed by atoms with Gasteiger partial charge in [0.05, 0.1) is 18.4 Å². The molecule has 0 aromatic heterocycles. The van der Waals surface area contributed by atoms with Gasteiger partial charge in [-0.25, -0.2) is 0 Å². The minimum Gasteiger partial charge on any atom is -0.481 e. The zero-order valence-electron chi connectivity index (χ0n) is 42.4. The molecule has 0 atom stereocenters. The highest BCUT2D eigenvalue weighted by Crippen LogP contribution is 2.34. The molecule has 0 saturated heterocycles. The zero-order chi connectivity index (χ0) is 56.1. The number of anilines is 2. The number of nitrogens with one attached hydrogen (secondary N) is 2. The summed E-state index contributed by atoms with van der Waals surface area (Å²) in [6, 6.07) is 54.2. The number of benzene rings is 8. The third-order valence-corrected chi connectivity index (χ3v) is 12.0. The van der Waals surface area contributed by atoms with E-state index in [1.807, 2.05) is 116 Å². The molecule has 10 nitrogen and oxygen atoms in total. The number of hydrogen-bond acceptors (Lipinski definition) is 6. The molecule has 0 saturated carbocycles. The topological polar surface area (TPSA) is 173 Å². The lowest BCUT2D eigenvalue weighted by Gasteiger charge is -2.12. The molecule has 8 aromatic carbocycles. The molecule has 6 N–H and O–H groups in total. The van der Waals surface area contributed by atoms with Crippen LogP contribution in [0.1, 0.15) is 47.2 Å². The molecule has 0 spiro atoms. The van der Waals surface area contributed by atoms with E-state index in [2.05, 4.69) is 28.8 Å². The Morgan fingerprint density at radius 2 is 0.844 bits per heavy atom. The number of halogens is 5. The predicted octanol–water partition coefficient (Wildman–Crippen LogP) is 14.3. The van der Waals surface area contributed by atoms with Crippen molar-refractivity contribution in [1.82, 2.24) is 0 Å². The molecule has 77 heavy (non-hydrogen) atoms. The Morgan fingerprint density at radius 3 is 1.31 bits per heavy atom. The Bertz CT molecular complexity index is 3240. The van der Waals surface area contributed by atoms with E-state index < -0.39 is 23.7 Å². The standard InChI is InChI=1S/C17H14F3NO3.C17H17NO3.2C14H13ClO/c1-10(22)21-14-6-7-15(12(8-14)9-16(23)24)11-2-4-13(5-3-11)17(18,19)20;1-11-3-5-13(6-4-11)16-8-7-15(18-12(2)19)9-14(16)10-17(20)21;15-13-7-5-12(6-8-13)14-4-2-1-3-11(14)9-10-16;15-13-6-7-14(12(10-13)8-9-16)11-4-2-1-3-5-11/h2-8H,9H2,1H3,(H,21,22)(H,23,24);3-9H,10H2,1-2H3,(H,18,19)(H,20,21);1-8,16H,9-10H2;1-7,10,16H,8-9H2. The van der Waals surface area contributed by atoms with Crippen LogP contribution in [0.15, 0.2) is 182 Å². The van der Waals surface area contributed by atoms with Crippen LogP contribution in [0.3, 0.4) is 0 Å². The Kier molecular flexibility index (Phi) is 22.7. The number of carboxylic acid groups (broad SMARTS) is 2. The summed E-state index contributed by atoms with van der Waals surface area (Å²) < 4.78 is 37.9. The maximum absolute atomic E-state index is 12.6. The van der Waals surface area contributed by atoms with Crippen molar-refractivity contribution >= 4 is 58.3 Å². The van der Waals surface area contributed by atoms with Gasteiger partial charge in [0.15, 0.2) is 0 Å². The first-order valence-electron chi connectivity index (χ1n) is 24.1. The van der Waals surface area contributed by atoms with Crippen molar-refractivity contribution in [2.24, 2.45) is 0 Å². The third kappa shape index (κ3) is 19.2. The van der Waals surface area contributed by atoms with E-state index >= 15 is 0 Å². The Balaban J connectivity index is 0.000000192. The summed E-state index contributed by atoms with van der Waals surface area (Å²) in [4.78, 5) is 44.3. The van der Waals surface area contributed by atoms with Crippen LogP contribution < -0.4 is 10.6 Å². The van der Waals surface area contributed by atoms with Crippen molar-refractivity contribution in [3.63, 3.8) is 0 Å². The Labute approximate surface area is 455 Å². The molecule has 0 unspecified atom stereocenters. The van der Waals surface area contributed by atoms with Gasteiger partial charge in [-0.3, -0.25) is 19.2 Å². The monoisotopic (exact) mass is 1080 g/mol. The highest BCUT2D eigenvalue weighted by molar-refractivity contribution is 6.31. The predicted molar refractivity (Wildman–Crippen MR) is 300 cm³/mol. The number of carbonyl (C=O) groups is 4. The first-order chi connectivity index (χ1) is 36.7. The average molecular weight is 1090 g/mol. The molecule has 2 amide bonds. The molecule has 0 radical (unpaired) electrons. The largest absolute Gasteiger partial charge is 0.481 e.